The summed E-state index contributed by atoms with van der Waals surface area (Å²) < 4.78 is 12.6. The highest BCUT2D eigenvalue weighted by molar-refractivity contribution is 7.99. The molecule has 5 heteroatoms. The Labute approximate surface area is 175 Å². The molecule has 0 fully saturated rings. The summed E-state index contributed by atoms with van der Waals surface area (Å²) in [7, 11) is -2.10. The third kappa shape index (κ3) is 6.22. The van der Waals surface area contributed by atoms with Crippen LogP contribution in [0.4, 0.5) is 0 Å². The van der Waals surface area contributed by atoms with E-state index in [4.69, 9.17) is 9.16 Å². The Balaban J connectivity index is 2.42. The topological polar surface area (TPSA) is 35.5 Å². The van der Waals surface area contributed by atoms with Crippen LogP contribution in [0.1, 0.15) is 44.9 Å². The highest BCUT2D eigenvalue weighted by atomic mass is 32.2. The molecule has 0 spiro atoms. The van der Waals surface area contributed by atoms with E-state index in [9.17, 15) is 4.79 Å². The van der Waals surface area contributed by atoms with Gasteiger partial charge in [0.05, 0.1) is 0 Å². The maximum absolute atomic E-state index is 11.9. The van der Waals surface area contributed by atoms with Gasteiger partial charge in [-0.2, -0.15) is 0 Å². The molecule has 0 radical (unpaired) electrons. The van der Waals surface area contributed by atoms with Crippen LogP contribution >= 0.6 is 11.8 Å². The van der Waals surface area contributed by atoms with Gasteiger partial charge in [-0.3, -0.25) is 4.79 Å². The zero-order chi connectivity index (χ0) is 20.9. The predicted molar refractivity (Wildman–Crippen MR) is 120 cm³/mol. The van der Waals surface area contributed by atoms with Gasteiger partial charge in [0.25, 0.3) is 0 Å². The number of hydrogen-bond donors (Lipinski definition) is 0. The molecular weight excluding hydrogens is 384 g/mol. The van der Waals surface area contributed by atoms with Crippen LogP contribution in [-0.2, 0) is 14.0 Å². The van der Waals surface area contributed by atoms with Crippen LogP contribution in [0.5, 0.6) is 0 Å². The molecule has 2 aromatic carbocycles. The van der Waals surface area contributed by atoms with Crippen LogP contribution in [0.25, 0.3) is 0 Å². The van der Waals surface area contributed by atoms with E-state index in [0.29, 0.717) is 0 Å². The van der Waals surface area contributed by atoms with E-state index in [1.807, 2.05) is 30.3 Å². The van der Waals surface area contributed by atoms with Crippen molar-refractivity contribution in [3.05, 3.63) is 65.7 Å². The zero-order valence-electron chi connectivity index (χ0n) is 18.0. The van der Waals surface area contributed by atoms with Crippen molar-refractivity contribution in [3.63, 3.8) is 0 Å². The van der Waals surface area contributed by atoms with Crippen LogP contribution in [0.3, 0.4) is 0 Å². The van der Waals surface area contributed by atoms with Crippen molar-refractivity contribution in [2.24, 2.45) is 0 Å². The van der Waals surface area contributed by atoms with Crippen LogP contribution in [-0.4, -0.2) is 19.7 Å². The van der Waals surface area contributed by atoms with Crippen molar-refractivity contribution in [3.8, 4) is 0 Å². The van der Waals surface area contributed by atoms with Crippen LogP contribution in [0, 0.1) is 6.92 Å². The molecule has 0 aliphatic carbocycles. The van der Waals surface area contributed by atoms with Crippen molar-refractivity contribution in [2.75, 3.05) is 0 Å². The van der Waals surface area contributed by atoms with Gasteiger partial charge < -0.3 is 9.16 Å². The minimum absolute atomic E-state index is 0.0509. The lowest BCUT2D eigenvalue weighted by Gasteiger charge is -2.41. The molecule has 0 N–H and O–H groups in total. The Morgan fingerprint density at radius 3 is 2.07 bits per heavy atom. The zero-order valence-corrected chi connectivity index (χ0v) is 19.8. The summed E-state index contributed by atoms with van der Waals surface area (Å²) in [6, 6.07) is 18.3. The quantitative estimate of drug-likeness (QED) is 0.217. The predicted octanol–water partition coefficient (Wildman–Crippen LogP) is 6.74. The van der Waals surface area contributed by atoms with Crippen LogP contribution in [0.15, 0.2) is 59.5 Å². The molecule has 0 aromatic heterocycles. The van der Waals surface area contributed by atoms with E-state index < -0.39 is 13.8 Å². The Bertz CT molecular complexity index is 767. The molecule has 0 unspecified atom stereocenters. The molecule has 0 bridgehead atoms. The third-order valence-corrected chi connectivity index (χ3v) is 10.7. The van der Waals surface area contributed by atoms with Gasteiger partial charge in [-0.15, -0.1) is 0 Å². The maximum Gasteiger partial charge on any atom is 0.303 e. The summed E-state index contributed by atoms with van der Waals surface area (Å²) >= 11 is 1.53. The lowest BCUT2D eigenvalue weighted by molar-refractivity contribution is -0.145. The smallest absolute Gasteiger partial charge is 0.303 e. The van der Waals surface area contributed by atoms with Crippen LogP contribution < -0.4 is 0 Å². The highest BCUT2D eigenvalue weighted by Crippen LogP contribution is 2.43. The number of rotatable bonds is 7. The minimum Gasteiger partial charge on any atom is -0.448 e. The molecular formula is C23H32O3SSi. The van der Waals surface area contributed by atoms with E-state index in [1.54, 1.807) is 0 Å². The minimum atomic E-state index is -2.10. The van der Waals surface area contributed by atoms with Crippen molar-refractivity contribution in [1.29, 1.82) is 0 Å². The maximum atomic E-state index is 11.9. The molecule has 152 valence electrons. The monoisotopic (exact) mass is 416 g/mol. The Morgan fingerprint density at radius 2 is 1.57 bits per heavy atom. The summed E-state index contributed by atoms with van der Waals surface area (Å²) in [5, 5.41) is 0.0509. The van der Waals surface area contributed by atoms with E-state index in [0.717, 1.165) is 10.5 Å². The molecule has 0 heterocycles. The Kier molecular flexibility index (Phi) is 7.54. The SMILES string of the molecule is CC(=O)O[C@@H](Sc1ccc(C)cc1)[C@H](O[Si](C)(C)C(C)(C)C)c1ccccc1. The van der Waals surface area contributed by atoms with E-state index in [-0.39, 0.29) is 17.1 Å². The summed E-state index contributed by atoms with van der Waals surface area (Å²) in [6.07, 6.45) is -0.336. The van der Waals surface area contributed by atoms with Gasteiger partial charge in [0.15, 0.2) is 13.8 Å². The van der Waals surface area contributed by atoms with Gasteiger partial charge in [0, 0.05) is 11.8 Å². The second-order valence-corrected chi connectivity index (χ2v) is 14.5. The first-order chi connectivity index (χ1) is 13.0. The molecule has 0 saturated heterocycles. The second-order valence-electron chi connectivity index (χ2n) is 8.62. The summed E-state index contributed by atoms with van der Waals surface area (Å²) in [6.45, 7) is 14.6. The second kappa shape index (κ2) is 9.29. The molecule has 0 saturated carbocycles. The fourth-order valence-electron chi connectivity index (χ4n) is 2.48. The summed E-state index contributed by atoms with van der Waals surface area (Å²) in [4.78, 5) is 13.0. The largest absolute Gasteiger partial charge is 0.448 e. The Hall–Kier alpha value is -1.56. The van der Waals surface area contributed by atoms with Crippen molar-refractivity contribution in [2.45, 2.75) is 69.2 Å². The average Bonchev–Trinajstić information content (AvgIpc) is 2.60. The van der Waals surface area contributed by atoms with Gasteiger partial charge in [-0.1, -0.05) is 80.6 Å². The molecule has 0 amide bonds. The number of ether oxygens (including phenoxy) is 1. The fraction of sp³-hybridized carbons (Fsp3) is 0.435. The number of aryl methyl sites for hydroxylation is 1. The third-order valence-electron chi connectivity index (χ3n) is 5.16. The van der Waals surface area contributed by atoms with E-state index in [1.165, 1.54) is 24.2 Å². The first-order valence-electron chi connectivity index (χ1n) is 9.63. The normalized spacial score (nSPS) is 14.4. The molecule has 0 aliphatic rings. The number of benzene rings is 2. The number of carbonyl (C=O) groups is 1. The molecule has 3 nitrogen and oxygen atoms in total. The Morgan fingerprint density at radius 1 is 1.00 bits per heavy atom. The first-order valence-corrected chi connectivity index (χ1v) is 13.4. The molecule has 2 rings (SSSR count). The van der Waals surface area contributed by atoms with Crippen molar-refractivity contribution < 1.29 is 14.0 Å². The van der Waals surface area contributed by atoms with Gasteiger partial charge >= 0.3 is 5.97 Å². The van der Waals surface area contributed by atoms with Gasteiger partial charge in [0.1, 0.15) is 6.10 Å². The van der Waals surface area contributed by atoms with Gasteiger partial charge in [0.2, 0.25) is 0 Å². The lowest BCUT2D eigenvalue weighted by atomic mass is 10.1. The highest BCUT2D eigenvalue weighted by Gasteiger charge is 2.42. The number of thioether (sulfide) groups is 1. The van der Waals surface area contributed by atoms with Crippen molar-refractivity contribution >= 4 is 26.0 Å². The average molecular weight is 417 g/mol. The number of esters is 1. The van der Waals surface area contributed by atoms with E-state index in [2.05, 4.69) is 65.1 Å². The summed E-state index contributed by atoms with van der Waals surface area (Å²) in [5.74, 6) is -0.302. The van der Waals surface area contributed by atoms with Crippen molar-refractivity contribution in [1.82, 2.24) is 0 Å². The van der Waals surface area contributed by atoms with Gasteiger partial charge in [-0.05, 0) is 42.8 Å². The fourth-order valence-corrected chi connectivity index (χ4v) is 4.91. The molecule has 2 atom stereocenters. The summed E-state index contributed by atoms with van der Waals surface area (Å²) in [5.41, 5.74) is 1.76. The van der Waals surface area contributed by atoms with E-state index >= 15 is 0 Å². The van der Waals surface area contributed by atoms with Gasteiger partial charge in [-0.25, -0.2) is 0 Å². The standard InChI is InChI=1S/C23H32O3SSi/c1-17-13-15-20(16-14-17)27-22(25-18(2)24)21(19-11-9-8-10-12-19)26-28(6,7)23(3,4)5/h8-16,21-22H,1-7H3/t21-,22+/m1/s1. The molecule has 0 aliphatic heterocycles. The van der Waals surface area contributed by atoms with Crippen LogP contribution in [0.2, 0.25) is 18.1 Å². The first kappa shape index (κ1) is 22.7. The molecule has 2 aromatic rings. The number of hydrogen-bond acceptors (Lipinski definition) is 4. The number of carbonyl (C=O) groups excluding carboxylic acids is 1. The lowest BCUT2D eigenvalue weighted by Crippen LogP contribution is -2.44. The molecule has 28 heavy (non-hydrogen) atoms.